The highest BCUT2D eigenvalue weighted by atomic mass is 16.5. The van der Waals surface area contributed by atoms with Crippen LogP contribution < -0.4 is 10.9 Å². The number of benzene rings is 1. The van der Waals surface area contributed by atoms with Gasteiger partial charge in [0, 0.05) is 18.4 Å². The van der Waals surface area contributed by atoms with Crippen LogP contribution >= 0.6 is 0 Å². The van der Waals surface area contributed by atoms with E-state index in [2.05, 4.69) is 5.32 Å². The first-order chi connectivity index (χ1) is 10.6. The number of nitrogens with one attached hydrogen (secondary N) is 1. The predicted octanol–water partition coefficient (Wildman–Crippen LogP) is 1.87. The molecule has 1 heterocycles. The monoisotopic (exact) mass is 303 g/mol. The topological polar surface area (TPSA) is 85.6 Å². The molecule has 0 saturated heterocycles. The molecule has 0 aliphatic rings. The Labute approximate surface area is 127 Å². The van der Waals surface area contributed by atoms with E-state index in [1.165, 1.54) is 6.07 Å². The molecule has 0 unspecified atom stereocenters. The quantitative estimate of drug-likeness (QED) is 0.500. The van der Waals surface area contributed by atoms with Crippen LogP contribution in [0.25, 0.3) is 11.0 Å². The fourth-order valence-corrected chi connectivity index (χ4v) is 1.98. The van der Waals surface area contributed by atoms with Gasteiger partial charge in [0.25, 0.3) is 5.91 Å². The zero-order chi connectivity index (χ0) is 15.9. The van der Waals surface area contributed by atoms with Gasteiger partial charge in [-0.05, 0) is 25.5 Å². The third-order valence-corrected chi connectivity index (χ3v) is 3.03. The molecule has 1 N–H and O–H groups in total. The lowest BCUT2D eigenvalue weighted by atomic mass is 10.2. The Morgan fingerprint density at radius 2 is 2.05 bits per heavy atom. The van der Waals surface area contributed by atoms with Crippen molar-refractivity contribution in [1.29, 1.82) is 0 Å². The summed E-state index contributed by atoms with van der Waals surface area (Å²) in [5, 5.41) is 3.27. The van der Waals surface area contributed by atoms with Gasteiger partial charge in [-0.15, -0.1) is 0 Å². The van der Waals surface area contributed by atoms with Crippen LogP contribution in [0, 0.1) is 0 Å². The molecule has 0 radical (unpaired) electrons. The summed E-state index contributed by atoms with van der Waals surface area (Å²) >= 11 is 0. The number of ether oxygens (including phenoxy) is 1. The van der Waals surface area contributed by atoms with Crippen molar-refractivity contribution in [1.82, 2.24) is 5.32 Å². The van der Waals surface area contributed by atoms with Crippen LogP contribution in [0.1, 0.15) is 30.1 Å². The molecule has 0 saturated carbocycles. The van der Waals surface area contributed by atoms with Crippen molar-refractivity contribution in [2.45, 2.75) is 19.8 Å². The molecule has 2 rings (SSSR count). The molecule has 6 nitrogen and oxygen atoms in total. The molecule has 0 bridgehead atoms. The van der Waals surface area contributed by atoms with Crippen molar-refractivity contribution in [3.63, 3.8) is 0 Å². The number of rotatable bonds is 6. The van der Waals surface area contributed by atoms with E-state index in [0.717, 1.165) is 0 Å². The maximum atomic E-state index is 12.0. The first kappa shape index (κ1) is 15.8. The summed E-state index contributed by atoms with van der Waals surface area (Å²) in [6, 6.07) is 8.47. The molecule has 0 aliphatic carbocycles. The minimum Gasteiger partial charge on any atom is -0.466 e. The highest BCUT2D eigenvalue weighted by molar-refractivity contribution is 5.96. The van der Waals surface area contributed by atoms with Gasteiger partial charge in [-0.1, -0.05) is 18.2 Å². The van der Waals surface area contributed by atoms with Crippen LogP contribution in [0.4, 0.5) is 0 Å². The summed E-state index contributed by atoms with van der Waals surface area (Å²) in [6.45, 7) is 2.35. The average molecular weight is 303 g/mol. The van der Waals surface area contributed by atoms with Crippen LogP contribution in [0.2, 0.25) is 0 Å². The molecule has 22 heavy (non-hydrogen) atoms. The highest BCUT2D eigenvalue weighted by Gasteiger charge is 2.13. The van der Waals surface area contributed by atoms with Gasteiger partial charge in [0.15, 0.2) is 0 Å². The van der Waals surface area contributed by atoms with Crippen LogP contribution in [0.3, 0.4) is 0 Å². The van der Waals surface area contributed by atoms with Crippen molar-refractivity contribution in [3.05, 3.63) is 46.3 Å². The fraction of sp³-hybridized carbons (Fsp3) is 0.312. The van der Waals surface area contributed by atoms with E-state index in [4.69, 9.17) is 9.15 Å². The molecule has 6 heteroatoms. The van der Waals surface area contributed by atoms with Crippen molar-refractivity contribution < 1.29 is 18.7 Å². The Balaban J connectivity index is 1.97. The maximum Gasteiger partial charge on any atom is 0.349 e. The highest BCUT2D eigenvalue weighted by Crippen LogP contribution is 2.12. The Kier molecular flexibility index (Phi) is 5.30. The molecule has 0 spiro atoms. The van der Waals surface area contributed by atoms with E-state index in [1.54, 1.807) is 31.2 Å². The van der Waals surface area contributed by atoms with Gasteiger partial charge >= 0.3 is 11.6 Å². The van der Waals surface area contributed by atoms with Gasteiger partial charge in [0.05, 0.1) is 6.61 Å². The molecular formula is C16H17NO5. The molecule has 0 aliphatic heterocycles. The molecule has 0 fully saturated rings. The summed E-state index contributed by atoms with van der Waals surface area (Å²) in [6.07, 6.45) is 0.671. The molecule has 1 amide bonds. The lowest BCUT2D eigenvalue weighted by Crippen LogP contribution is -2.29. The van der Waals surface area contributed by atoms with Crippen molar-refractivity contribution >= 4 is 22.8 Å². The van der Waals surface area contributed by atoms with Crippen LogP contribution in [-0.4, -0.2) is 25.0 Å². The summed E-state index contributed by atoms with van der Waals surface area (Å²) in [7, 11) is 0. The van der Waals surface area contributed by atoms with Crippen molar-refractivity contribution in [2.75, 3.05) is 13.2 Å². The minimum atomic E-state index is -0.679. The number of carbonyl (C=O) groups is 2. The Morgan fingerprint density at radius 3 is 2.82 bits per heavy atom. The second-order valence-electron chi connectivity index (χ2n) is 4.65. The van der Waals surface area contributed by atoms with E-state index in [9.17, 15) is 14.4 Å². The van der Waals surface area contributed by atoms with Gasteiger partial charge in [-0.2, -0.15) is 0 Å². The van der Waals surface area contributed by atoms with Crippen molar-refractivity contribution in [3.8, 4) is 0 Å². The van der Waals surface area contributed by atoms with Gasteiger partial charge in [0.2, 0.25) is 0 Å². The number of hydrogen-bond donors (Lipinski definition) is 1. The molecule has 116 valence electrons. The Bertz CT molecular complexity index is 735. The normalized spacial score (nSPS) is 10.4. The van der Waals surface area contributed by atoms with Crippen molar-refractivity contribution in [2.24, 2.45) is 0 Å². The van der Waals surface area contributed by atoms with Crippen LogP contribution in [0.15, 0.2) is 39.5 Å². The minimum absolute atomic E-state index is 0.0464. The second-order valence-corrected chi connectivity index (χ2v) is 4.65. The predicted molar refractivity (Wildman–Crippen MR) is 80.7 cm³/mol. The van der Waals surface area contributed by atoms with Crippen LogP contribution in [-0.2, 0) is 9.53 Å². The first-order valence-electron chi connectivity index (χ1n) is 7.08. The summed E-state index contributed by atoms with van der Waals surface area (Å²) in [4.78, 5) is 34.9. The summed E-state index contributed by atoms with van der Waals surface area (Å²) in [5.41, 5.74) is -0.289. The third-order valence-electron chi connectivity index (χ3n) is 3.03. The molecule has 1 aromatic carbocycles. The third kappa shape index (κ3) is 3.94. The summed E-state index contributed by atoms with van der Waals surface area (Å²) in [5.74, 6) is -0.815. The molecule has 1 aromatic heterocycles. The number of hydrogen-bond acceptors (Lipinski definition) is 5. The standard InChI is InChI=1S/C16H17NO5/c1-2-21-14(18)8-5-9-17-15(19)12-10-11-6-3-4-7-13(11)22-16(12)20/h3-4,6-7,10H,2,5,8-9H2,1H3,(H,17,19). The Morgan fingerprint density at radius 1 is 1.27 bits per heavy atom. The van der Waals surface area contributed by atoms with Gasteiger partial charge in [-0.25, -0.2) is 4.79 Å². The zero-order valence-corrected chi connectivity index (χ0v) is 12.3. The summed E-state index contributed by atoms with van der Waals surface area (Å²) < 4.78 is 9.88. The number of fused-ring (bicyclic) bond motifs is 1. The van der Waals surface area contributed by atoms with Gasteiger partial charge in [-0.3, -0.25) is 9.59 Å². The second kappa shape index (κ2) is 7.40. The lowest BCUT2D eigenvalue weighted by molar-refractivity contribution is -0.143. The number of para-hydroxylation sites is 1. The smallest absolute Gasteiger partial charge is 0.349 e. The Hall–Kier alpha value is -2.63. The molecule has 0 atom stereocenters. The lowest BCUT2D eigenvalue weighted by Gasteiger charge is -2.05. The number of esters is 1. The van der Waals surface area contributed by atoms with Gasteiger partial charge in [0.1, 0.15) is 11.1 Å². The van der Waals surface area contributed by atoms with Crippen LogP contribution in [0.5, 0.6) is 0 Å². The van der Waals surface area contributed by atoms with E-state index in [-0.39, 0.29) is 24.5 Å². The number of amides is 1. The zero-order valence-electron chi connectivity index (χ0n) is 12.3. The van der Waals surface area contributed by atoms with Gasteiger partial charge < -0.3 is 14.5 Å². The first-order valence-corrected chi connectivity index (χ1v) is 7.08. The average Bonchev–Trinajstić information content (AvgIpc) is 2.51. The molecular weight excluding hydrogens is 286 g/mol. The van der Waals surface area contributed by atoms with E-state index >= 15 is 0 Å². The van der Waals surface area contributed by atoms with E-state index in [1.807, 2.05) is 0 Å². The maximum absolute atomic E-state index is 12.0. The largest absolute Gasteiger partial charge is 0.466 e. The van der Waals surface area contributed by atoms with E-state index in [0.29, 0.717) is 24.0 Å². The SMILES string of the molecule is CCOC(=O)CCCNC(=O)c1cc2ccccc2oc1=O. The van der Waals surface area contributed by atoms with E-state index < -0.39 is 11.5 Å². The molecule has 2 aromatic rings. The fourth-order valence-electron chi connectivity index (χ4n) is 1.98. The number of carbonyl (C=O) groups excluding carboxylic acids is 2.